The molecule has 0 aliphatic carbocycles. The smallest absolute Gasteiger partial charge is 0.144 e. The zero-order valence-electron chi connectivity index (χ0n) is 7.69. The Balaban J connectivity index is 3.48. The van der Waals surface area contributed by atoms with E-state index in [1.54, 1.807) is 6.92 Å². The van der Waals surface area contributed by atoms with Crippen LogP contribution in [0.1, 0.15) is 22.3 Å². The van der Waals surface area contributed by atoms with Gasteiger partial charge in [0.1, 0.15) is 11.9 Å². The molecule has 0 spiro atoms. The Kier molecular flexibility index (Phi) is 2.64. The molecule has 0 saturated carbocycles. The van der Waals surface area contributed by atoms with Crippen LogP contribution in [0.25, 0.3) is 0 Å². The number of nitriles is 1. The van der Waals surface area contributed by atoms with Gasteiger partial charge in [-0.1, -0.05) is 0 Å². The molecule has 0 heterocycles. The average molecular weight is 178 g/mol. The highest BCUT2D eigenvalue weighted by Gasteiger charge is 2.11. The molecule has 1 rings (SSSR count). The number of benzene rings is 1. The summed E-state index contributed by atoms with van der Waals surface area (Å²) in [4.78, 5) is 0. The Morgan fingerprint density at radius 2 is 2.15 bits per heavy atom. The minimum Gasteiger partial charge on any atom is -0.326 e. The summed E-state index contributed by atoms with van der Waals surface area (Å²) in [6.07, 6.45) is 0. The SMILES string of the molecule is Cc1cc(C#N)c(F)c(C)c1CN. The van der Waals surface area contributed by atoms with E-state index in [4.69, 9.17) is 11.0 Å². The van der Waals surface area contributed by atoms with Crippen molar-refractivity contribution in [2.45, 2.75) is 20.4 Å². The van der Waals surface area contributed by atoms with Crippen LogP contribution in [0.3, 0.4) is 0 Å². The molecule has 0 aromatic heterocycles. The maximum Gasteiger partial charge on any atom is 0.144 e. The number of rotatable bonds is 1. The summed E-state index contributed by atoms with van der Waals surface area (Å²) in [7, 11) is 0. The maximum atomic E-state index is 13.4. The van der Waals surface area contributed by atoms with E-state index in [1.807, 2.05) is 13.0 Å². The van der Waals surface area contributed by atoms with E-state index >= 15 is 0 Å². The van der Waals surface area contributed by atoms with E-state index in [0.29, 0.717) is 12.1 Å². The van der Waals surface area contributed by atoms with Gasteiger partial charge in [-0.15, -0.1) is 0 Å². The molecule has 0 radical (unpaired) electrons. The van der Waals surface area contributed by atoms with Crippen LogP contribution in [0.4, 0.5) is 4.39 Å². The third-order valence-electron chi connectivity index (χ3n) is 2.18. The lowest BCUT2D eigenvalue weighted by Crippen LogP contribution is -2.05. The van der Waals surface area contributed by atoms with E-state index in [0.717, 1.165) is 11.1 Å². The number of nitrogens with zero attached hydrogens (tertiary/aromatic N) is 1. The molecular formula is C10H11FN2. The monoisotopic (exact) mass is 178 g/mol. The van der Waals surface area contributed by atoms with Gasteiger partial charge in [-0.3, -0.25) is 0 Å². The van der Waals surface area contributed by atoms with Gasteiger partial charge in [0.05, 0.1) is 5.56 Å². The molecule has 0 fully saturated rings. The summed E-state index contributed by atoms with van der Waals surface area (Å²) < 4.78 is 13.4. The Morgan fingerprint density at radius 1 is 1.54 bits per heavy atom. The highest BCUT2D eigenvalue weighted by atomic mass is 19.1. The van der Waals surface area contributed by atoms with E-state index in [1.165, 1.54) is 6.07 Å². The van der Waals surface area contributed by atoms with Crippen LogP contribution in [0.5, 0.6) is 0 Å². The van der Waals surface area contributed by atoms with Crippen molar-refractivity contribution in [3.63, 3.8) is 0 Å². The topological polar surface area (TPSA) is 49.8 Å². The summed E-state index contributed by atoms with van der Waals surface area (Å²) in [6, 6.07) is 3.34. The number of aryl methyl sites for hydroxylation is 1. The fraction of sp³-hybridized carbons (Fsp3) is 0.300. The van der Waals surface area contributed by atoms with Gasteiger partial charge in [0.2, 0.25) is 0 Å². The fourth-order valence-corrected chi connectivity index (χ4v) is 1.39. The third-order valence-corrected chi connectivity index (χ3v) is 2.18. The Bertz CT molecular complexity index is 374. The Morgan fingerprint density at radius 3 is 2.62 bits per heavy atom. The van der Waals surface area contributed by atoms with E-state index in [-0.39, 0.29) is 5.56 Å². The predicted octanol–water partition coefficient (Wildman–Crippen LogP) is 1.77. The highest BCUT2D eigenvalue weighted by Crippen LogP contribution is 2.20. The Labute approximate surface area is 76.8 Å². The van der Waals surface area contributed by atoms with Gasteiger partial charge >= 0.3 is 0 Å². The lowest BCUT2D eigenvalue weighted by molar-refractivity contribution is 0.610. The van der Waals surface area contributed by atoms with E-state index in [2.05, 4.69) is 0 Å². The fourth-order valence-electron chi connectivity index (χ4n) is 1.39. The molecule has 2 N–H and O–H groups in total. The number of hydrogen-bond donors (Lipinski definition) is 1. The van der Waals surface area contributed by atoms with Crippen molar-refractivity contribution in [3.05, 3.63) is 34.1 Å². The van der Waals surface area contributed by atoms with Gasteiger partial charge in [0.25, 0.3) is 0 Å². The number of halogens is 1. The van der Waals surface area contributed by atoms with Crippen molar-refractivity contribution in [2.24, 2.45) is 5.73 Å². The van der Waals surface area contributed by atoms with Crippen molar-refractivity contribution < 1.29 is 4.39 Å². The van der Waals surface area contributed by atoms with Crippen molar-refractivity contribution in [1.29, 1.82) is 5.26 Å². The summed E-state index contributed by atoms with van der Waals surface area (Å²) in [6.45, 7) is 3.78. The first-order valence-electron chi connectivity index (χ1n) is 4.00. The molecule has 1 aromatic carbocycles. The molecular weight excluding hydrogens is 167 g/mol. The van der Waals surface area contributed by atoms with Gasteiger partial charge in [-0.25, -0.2) is 4.39 Å². The van der Waals surface area contributed by atoms with Crippen LogP contribution < -0.4 is 5.73 Å². The second-order valence-electron chi connectivity index (χ2n) is 2.97. The summed E-state index contributed by atoms with van der Waals surface area (Å²) in [5.74, 6) is -0.450. The summed E-state index contributed by atoms with van der Waals surface area (Å²) in [5.41, 5.74) is 7.70. The summed E-state index contributed by atoms with van der Waals surface area (Å²) >= 11 is 0. The van der Waals surface area contributed by atoms with Crippen LogP contribution in [-0.2, 0) is 6.54 Å². The molecule has 68 valence electrons. The van der Waals surface area contributed by atoms with Crippen LogP contribution in [0.15, 0.2) is 6.07 Å². The normalized spacial score (nSPS) is 9.77. The molecule has 0 bridgehead atoms. The van der Waals surface area contributed by atoms with Crippen LogP contribution >= 0.6 is 0 Å². The second kappa shape index (κ2) is 3.55. The third kappa shape index (κ3) is 1.53. The maximum absolute atomic E-state index is 13.4. The first kappa shape index (κ1) is 9.69. The van der Waals surface area contributed by atoms with E-state index < -0.39 is 5.82 Å². The van der Waals surface area contributed by atoms with Crippen LogP contribution in [0.2, 0.25) is 0 Å². The number of hydrogen-bond acceptors (Lipinski definition) is 2. The zero-order chi connectivity index (χ0) is 10.0. The first-order valence-corrected chi connectivity index (χ1v) is 4.00. The molecule has 1 aromatic rings. The largest absolute Gasteiger partial charge is 0.326 e. The van der Waals surface area contributed by atoms with Gasteiger partial charge in [-0.2, -0.15) is 5.26 Å². The van der Waals surface area contributed by atoms with Gasteiger partial charge in [-0.05, 0) is 36.6 Å². The van der Waals surface area contributed by atoms with Crippen LogP contribution in [0, 0.1) is 31.0 Å². The molecule has 0 aliphatic rings. The highest BCUT2D eigenvalue weighted by molar-refractivity contribution is 5.44. The second-order valence-corrected chi connectivity index (χ2v) is 2.97. The molecule has 2 nitrogen and oxygen atoms in total. The quantitative estimate of drug-likeness (QED) is 0.712. The minimum atomic E-state index is -0.450. The van der Waals surface area contributed by atoms with Crippen molar-refractivity contribution in [3.8, 4) is 6.07 Å². The lowest BCUT2D eigenvalue weighted by atomic mass is 9.99. The van der Waals surface area contributed by atoms with Crippen molar-refractivity contribution >= 4 is 0 Å². The van der Waals surface area contributed by atoms with Gasteiger partial charge in [0, 0.05) is 6.54 Å². The molecule has 0 unspecified atom stereocenters. The predicted molar refractivity (Wildman–Crippen MR) is 48.5 cm³/mol. The van der Waals surface area contributed by atoms with Gasteiger partial charge in [0.15, 0.2) is 0 Å². The minimum absolute atomic E-state index is 0.0900. The standard InChI is InChI=1S/C10H11FN2/c1-6-3-8(4-12)10(11)7(2)9(6)5-13/h3H,5,13H2,1-2H3. The van der Waals surface area contributed by atoms with Crippen molar-refractivity contribution in [2.75, 3.05) is 0 Å². The molecule has 0 saturated heterocycles. The van der Waals surface area contributed by atoms with Gasteiger partial charge < -0.3 is 5.73 Å². The average Bonchev–Trinajstić information content (AvgIpc) is 2.12. The van der Waals surface area contributed by atoms with Crippen LogP contribution in [-0.4, -0.2) is 0 Å². The molecule has 13 heavy (non-hydrogen) atoms. The molecule has 0 amide bonds. The van der Waals surface area contributed by atoms with E-state index in [9.17, 15) is 4.39 Å². The first-order chi connectivity index (χ1) is 6.11. The molecule has 0 atom stereocenters. The number of nitrogens with two attached hydrogens (primary N) is 1. The Hall–Kier alpha value is -1.40. The zero-order valence-corrected chi connectivity index (χ0v) is 7.69. The van der Waals surface area contributed by atoms with Crippen molar-refractivity contribution in [1.82, 2.24) is 0 Å². The molecule has 3 heteroatoms. The lowest BCUT2D eigenvalue weighted by Gasteiger charge is -2.09. The molecule has 0 aliphatic heterocycles. The summed E-state index contributed by atoms with van der Waals surface area (Å²) in [5, 5.41) is 8.61.